The number of benzene rings is 1. The third-order valence-electron chi connectivity index (χ3n) is 2.56. The second kappa shape index (κ2) is 4.70. The van der Waals surface area contributed by atoms with Gasteiger partial charge in [0, 0.05) is 5.56 Å². The maximum absolute atomic E-state index is 7.50. The van der Waals surface area contributed by atoms with Gasteiger partial charge >= 0.3 is 0 Å². The fourth-order valence-corrected chi connectivity index (χ4v) is 1.62. The minimum absolute atomic E-state index is 0.105. The summed E-state index contributed by atoms with van der Waals surface area (Å²) in [5, 5.41) is 10.5. The molecule has 0 aliphatic carbocycles. The van der Waals surface area contributed by atoms with E-state index in [1.165, 1.54) is 0 Å². The van der Waals surface area contributed by atoms with Crippen LogP contribution in [0.25, 0.3) is 11.3 Å². The Kier molecular flexibility index (Phi) is 3.09. The number of nitrogen functional groups attached to an aromatic ring is 1. The molecular weight excluding hydrogens is 228 g/mol. The highest BCUT2D eigenvalue weighted by Crippen LogP contribution is 2.22. The smallest absolute Gasteiger partial charge is 0.196 e. The number of aryl methyl sites for hydroxylation is 1. The molecular formula is C12H12N6. The van der Waals surface area contributed by atoms with E-state index in [2.05, 4.69) is 15.1 Å². The van der Waals surface area contributed by atoms with Gasteiger partial charge in [-0.2, -0.15) is 0 Å². The van der Waals surface area contributed by atoms with E-state index in [1.54, 1.807) is 6.20 Å². The molecule has 1 aromatic carbocycles. The maximum Gasteiger partial charge on any atom is 0.196 e. The molecule has 0 spiro atoms. The monoisotopic (exact) mass is 240 g/mol. The van der Waals surface area contributed by atoms with Crippen LogP contribution in [0.5, 0.6) is 0 Å². The standard InChI is InChI=1S/C12H12N6/c1-7-4-2-3-5-8(7)9-6-16-11(13)10(17-9)12(14)18-15/h2-6,14-15H,1H3,(H2,13,16). The number of rotatable bonds is 2. The zero-order valence-electron chi connectivity index (χ0n) is 9.81. The molecule has 0 saturated carbocycles. The molecule has 0 bridgehead atoms. The fraction of sp³-hybridized carbons (Fsp3) is 0.0833. The van der Waals surface area contributed by atoms with Gasteiger partial charge in [0.2, 0.25) is 0 Å². The van der Waals surface area contributed by atoms with Gasteiger partial charge in [0.05, 0.1) is 11.9 Å². The van der Waals surface area contributed by atoms with Crippen molar-refractivity contribution in [2.75, 3.05) is 5.73 Å². The molecule has 0 radical (unpaired) electrons. The van der Waals surface area contributed by atoms with Crippen LogP contribution in [0.3, 0.4) is 0 Å². The molecule has 0 amide bonds. The zero-order valence-corrected chi connectivity index (χ0v) is 9.81. The number of nitrogens with two attached hydrogens (primary N) is 1. The highest BCUT2D eigenvalue weighted by Gasteiger charge is 2.11. The lowest BCUT2D eigenvalue weighted by Gasteiger charge is -2.07. The summed E-state index contributed by atoms with van der Waals surface area (Å²) in [4.78, 5) is 8.25. The topological polar surface area (TPSA) is 112 Å². The lowest BCUT2D eigenvalue weighted by molar-refractivity contribution is 1.12. The second-order valence-corrected chi connectivity index (χ2v) is 3.76. The zero-order chi connectivity index (χ0) is 13.1. The van der Waals surface area contributed by atoms with Crippen LogP contribution in [0.4, 0.5) is 5.82 Å². The third kappa shape index (κ3) is 2.08. The summed E-state index contributed by atoms with van der Waals surface area (Å²) in [5.41, 5.74) is 15.2. The normalized spacial score (nSPS) is 10.1. The van der Waals surface area contributed by atoms with E-state index in [-0.39, 0.29) is 17.3 Å². The Hall–Kier alpha value is -2.63. The average molecular weight is 240 g/mol. The van der Waals surface area contributed by atoms with Crippen molar-refractivity contribution < 1.29 is 0 Å². The molecule has 1 heterocycles. The van der Waals surface area contributed by atoms with Crippen LogP contribution in [0.1, 0.15) is 11.3 Å². The molecule has 4 N–H and O–H groups in total. The highest BCUT2D eigenvalue weighted by molar-refractivity contribution is 5.98. The quantitative estimate of drug-likeness (QED) is 0.425. The molecule has 0 saturated heterocycles. The predicted octanol–water partition coefficient (Wildman–Crippen LogP) is 2.39. The average Bonchev–Trinajstić information content (AvgIpc) is 2.39. The van der Waals surface area contributed by atoms with Crippen molar-refractivity contribution in [3.05, 3.63) is 41.7 Å². The fourth-order valence-electron chi connectivity index (χ4n) is 1.62. The van der Waals surface area contributed by atoms with E-state index >= 15 is 0 Å². The Balaban J connectivity index is 2.57. The van der Waals surface area contributed by atoms with Crippen LogP contribution in [0, 0.1) is 17.9 Å². The number of aromatic nitrogens is 2. The van der Waals surface area contributed by atoms with Gasteiger partial charge in [-0.3, -0.25) is 5.41 Å². The van der Waals surface area contributed by atoms with Gasteiger partial charge in [-0.1, -0.05) is 24.3 Å². The molecule has 0 atom stereocenters. The minimum Gasteiger partial charge on any atom is -0.382 e. The van der Waals surface area contributed by atoms with Gasteiger partial charge in [0.1, 0.15) is 0 Å². The van der Waals surface area contributed by atoms with Crippen molar-refractivity contribution in [2.45, 2.75) is 6.92 Å². The van der Waals surface area contributed by atoms with Crippen LogP contribution in [-0.4, -0.2) is 15.8 Å². The largest absolute Gasteiger partial charge is 0.382 e. The Labute approximate surface area is 104 Å². The van der Waals surface area contributed by atoms with Crippen LogP contribution in [0.15, 0.2) is 35.6 Å². The van der Waals surface area contributed by atoms with Crippen molar-refractivity contribution in [3.63, 3.8) is 0 Å². The molecule has 6 heteroatoms. The van der Waals surface area contributed by atoms with Crippen molar-refractivity contribution >= 4 is 11.7 Å². The first-order valence-electron chi connectivity index (χ1n) is 5.28. The highest BCUT2D eigenvalue weighted by atomic mass is 15.0. The Bertz CT molecular complexity index is 620. The van der Waals surface area contributed by atoms with E-state index in [1.807, 2.05) is 31.2 Å². The van der Waals surface area contributed by atoms with Crippen LogP contribution >= 0.6 is 0 Å². The van der Waals surface area contributed by atoms with E-state index in [4.69, 9.17) is 16.7 Å². The van der Waals surface area contributed by atoms with Crippen molar-refractivity contribution in [2.24, 2.45) is 5.11 Å². The van der Waals surface area contributed by atoms with E-state index in [0.717, 1.165) is 11.1 Å². The molecule has 1 aromatic heterocycles. The van der Waals surface area contributed by atoms with Crippen LogP contribution in [0.2, 0.25) is 0 Å². The van der Waals surface area contributed by atoms with Gasteiger partial charge in [-0.05, 0) is 12.5 Å². The van der Waals surface area contributed by atoms with Gasteiger partial charge in [-0.15, -0.1) is 5.11 Å². The van der Waals surface area contributed by atoms with Gasteiger partial charge in [-0.25, -0.2) is 15.5 Å². The van der Waals surface area contributed by atoms with Crippen LogP contribution in [-0.2, 0) is 0 Å². The summed E-state index contributed by atoms with van der Waals surface area (Å²) < 4.78 is 0. The SMILES string of the molecule is Cc1ccccc1-c1cnc(N)c(C(=N)N=N)n1. The Morgan fingerprint density at radius 2 is 2.06 bits per heavy atom. The summed E-state index contributed by atoms with van der Waals surface area (Å²) in [6.07, 6.45) is 1.55. The number of nitrogens with one attached hydrogen (secondary N) is 2. The summed E-state index contributed by atoms with van der Waals surface area (Å²) >= 11 is 0. The number of amidine groups is 1. The lowest BCUT2D eigenvalue weighted by Crippen LogP contribution is -2.07. The summed E-state index contributed by atoms with van der Waals surface area (Å²) in [6.45, 7) is 1.97. The number of nitrogens with zero attached hydrogens (tertiary/aromatic N) is 3. The van der Waals surface area contributed by atoms with E-state index in [0.29, 0.717) is 5.69 Å². The summed E-state index contributed by atoms with van der Waals surface area (Å²) in [6, 6.07) is 7.72. The second-order valence-electron chi connectivity index (χ2n) is 3.76. The van der Waals surface area contributed by atoms with E-state index in [9.17, 15) is 0 Å². The molecule has 18 heavy (non-hydrogen) atoms. The Morgan fingerprint density at radius 1 is 1.33 bits per heavy atom. The summed E-state index contributed by atoms with van der Waals surface area (Å²) in [7, 11) is 0. The first-order valence-corrected chi connectivity index (χ1v) is 5.28. The molecule has 6 nitrogen and oxygen atoms in total. The van der Waals surface area contributed by atoms with Crippen molar-refractivity contribution in [1.82, 2.24) is 9.97 Å². The maximum atomic E-state index is 7.50. The number of hydrogen-bond acceptors (Lipinski definition) is 5. The lowest BCUT2D eigenvalue weighted by atomic mass is 10.1. The Morgan fingerprint density at radius 3 is 2.72 bits per heavy atom. The van der Waals surface area contributed by atoms with Gasteiger partial charge < -0.3 is 5.73 Å². The van der Waals surface area contributed by atoms with Crippen molar-refractivity contribution in [3.8, 4) is 11.3 Å². The third-order valence-corrected chi connectivity index (χ3v) is 2.56. The van der Waals surface area contributed by atoms with Crippen LogP contribution < -0.4 is 5.73 Å². The number of hydrogen-bond donors (Lipinski definition) is 3. The molecule has 0 aliphatic rings. The molecule has 0 unspecified atom stereocenters. The molecule has 90 valence electrons. The van der Waals surface area contributed by atoms with Crippen molar-refractivity contribution in [1.29, 1.82) is 10.9 Å². The predicted molar refractivity (Wildman–Crippen MR) is 68.6 cm³/mol. The molecule has 0 fully saturated rings. The molecule has 0 aliphatic heterocycles. The minimum atomic E-state index is -0.296. The number of anilines is 1. The molecule has 2 aromatic rings. The first kappa shape index (κ1) is 11.8. The molecule has 2 rings (SSSR count). The summed E-state index contributed by atoms with van der Waals surface area (Å²) in [5.74, 6) is -0.191. The van der Waals surface area contributed by atoms with E-state index < -0.39 is 0 Å². The van der Waals surface area contributed by atoms with Gasteiger partial charge in [0.25, 0.3) is 0 Å². The van der Waals surface area contributed by atoms with Gasteiger partial charge in [0.15, 0.2) is 17.3 Å². The first-order chi connectivity index (χ1) is 8.63.